The molecular formula is C28H29F4N3O4. The van der Waals surface area contributed by atoms with Crippen molar-refractivity contribution in [2.45, 2.75) is 44.8 Å². The minimum atomic E-state index is -4.63. The van der Waals surface area contributed by atoms with Gasteiger partial charge in [0, 0.05) is 23.4 Å². The molecule has 2 aromatic carbocycles. The molecule has 39 heavy (non-hydrogen) atoms. The van der Waals surface area contributed by atoms with Crippen molar-refractivity contribution in [3.63, 3.8) is 0 Å². The average Bonchev–Trinajstić information content (AvgIpc) is 2.90. The molecule has 0 fully saturated rings. The second-order valence-corrected chi connectivity index (χ2v) is 8.84. The van der Waals surface area contributed by atoms with Crippen molar-refractivity contribution in [1.29, 1.82) is 0 Å². The van der Waals surface area contributed by atoms with Crippen LogP contribution in [0.25, 0.3) is 11.3 Å². The van der Waals surface area contributed by atoms with Crippen LogP contribution in [0.15, 0.2) is 60.8 Å². The van der Waals surface area contributed by atoms with Gasteiger partial charge in [-0.3, -0.25) is 14.6 Å². The second-order valence-electron chi connectivity index (χ2n) is 8.84. The van der Waals surface area contributed by atoms with Gasteiger partial charge in [0.2, 0.25) is 0 Å². The van der Waals surface area contributed by atoms with Gasteiger partial charge in [-0.15, -0.1) is 0 Å². The van der Waals surface area contributed by atoms with E-state index >= 15 is 0 Å². The molecule has 1 atom stereocenters. The summed E-state index contributed by atoms with van der Waals surface area (Å²) < 4.78 is 58.5. The summed E-state index contributed by atoms with van der Waals surface area (Å²) in [7, 11) is 0. The standard InChI is InChI=1S/C28H29F4N3O4/c1-2-3-4-21(35-20-8-5-18(6-9-20)27(38)33-14-13-26(36)37)17-39-22-10-12-25(34-16-22)23-11-7-19(15-24(23)29)28(30,31)32/h5-12,15-16,21,35H,2-4,13-14,17H2,1H3,(H,33,38)(H,36,37)/t21-/m0/s1. The highest BCUT2D eigenvalue weighted by molar-refractivity contribution is 5.94. The number of halogens is 4. The first-order valence-corrected chi connectivity index (χ1v) is 12.4. The SMILES string of the molecule is CCCC[C@@H](COc1ccc(-c2ccc(C(F)(F)F)cc2F)nc1)Nc1ccc(C(=O)NCCC(=O)O)cc1. The lowest BCUT2D eigenvalue weighted by Gasteiger charge is -2.20. The van der Waals surface area contributed by atoms with Crippen LogP contribution in [0.4, 0.5) is 23.2 Å². The fraction of sp³-hybridized carbons (Fsp3) is 0.321. The number of amides is 1. The van der Waals surface area contributed by atoms with Gasteiger partial charge >= 0.3 is 12.1 Å². The van der Waals surface area contributed by atoms with Gasteiger partial charge in [-0.1, -0.05) is 19.8 Å². The molecule has 0 saturated carbocycles. The van der Waals surface area contributed by atoms with Crippen LogP contribution in [0.5, 0.6) is 5.75 Å². The second kappa shape index (κ2) is 13.6. The number of hydrogen-bond acceptors (Lipinski definition) is 5. The Balaban J connectivity index is 1.59. The Morgan fingerprint density at radius 2 is 1.82 bits per heavy atom. The Hall–Kier alpha value is -4.15. The van der Waals surface area contributed by atoms with E-state index in [1.54, 1.807) is 30.3 Å². The maximum atomic E-state index is 14.3. The molecule has 3 N–H and O–H groups in total. The van der Waals surface area contributed by atoms with Crippen molar-refractivity contribution in [3.8, 4) is 17.0 Å². The van der Waals surface area contributed by atoms with Crippen molar-refractivity contribution in [2.75, 3.05) is 18.5 Å². The number of rotatable bonds is 13. The monoisotopic (exact) mass is 547 g/mol. The van der Waals surface area contributed by atoms with Crippen LogP contribution >= 0.6 is 0 Å². The van der Waals surface area contributed by atoms with Gasteiger partial charge in [0.1, 0.15) is 18.2 Å². The molecule has 3 aromatic rings. The third kappa shape index (κ3) is 8.98. The summed E-state index contributed by atoms with van der Waals surface area (Å²) in [5, 5.41) is 14.6. The molecule has 0 aliphatic rings. The van der Waals surface area contributed by atoms with E-state index in [0.29, 0.717) is 17.4 Å². The Kier molecular flexibility index (Phi) is 10.2. The molecule has 208 valence electrons. The number of nitrogens with one attached hydrogen (secondary N) is 2. The van der Waals surface area contributed by atoms with Crippen molar-refractivity contribution in [1.82, 2.24) is 10.3 Å². The topological polar surface area (TPSA) is 101 Å². The quantitative estimate of drug-likeness (QED) is 0.222. The fourth-order valence-electron chi connectivity index (χ4n) is 3.71. The summed E-state index contributed by atoms with van der Waals surface area (Å²) in [6, 6.07) is 12.1. The summed E-state index contributed by atoms with van der Waals surface area (Å²) in [5.41, 5.74) is 0.247. The molecule has 7 nitrogen and oxygen atoms in total. The zero-order valence-electron chi connectivity index (χ0n) is 21.2. The van der Waals surface area contributed by atoms with Crippen LogP contribution < -0.4 is 15.4 Å². The molecule has 0 saturated heterocycles. The van der Waals surface area contributed by atoms with Crippen molar-refractivity contribution < 1.29 is 37.0 Å². The van der Waals surface area contributed by atoms with Gasteiger partial charge in [0.25, 0.3) is 5.91 Å². The van der Waals surface area contributed by atoms with Crippen LogP contribution in [0.2, 0.25) is 0 Å². The molecule has 11 heteroatoms. The number of aliphatic carboxylic acids is 1. The van der Waals surface area contributed by atoms with E-state index < -0.39 is 23.5 Å². The first-order valence-electron chi connectivity index (χ1n) is 12.4. The largest absolute Gasteiger partial charge is 0.490 e. The zero-order chi connectivity index (χ0) is 28.4. The number of nitrogens with zero attached hydrogens (tertiary/aromatic N) is 1. The van der Waals surface area contributed by atoms with E-state index in [-0.39, 0.29) is 42.8 Å². The normalized spacial score (nSPS) is 12.0. The number of pyridine rings is 1. The number of benzene rings is 2. The summed E-state index contributed by atoms with van der Waals surface area (Å²) in [5.74, 6) is -1.95. The molecule has 0 radical (unpaired) electrons. The number of carboxylic acids is 1. The van der Waals surface area contributed by atoms with E-state index in [1.807, 2.05) is 0 Å². The Morgan fingerprint density at radius 1 is 1.08 bits per heavy atom. The van der Waals surface area contributed by atoms with E-state index in [9.17, 15) is 27.2 Å². The average molecular weight is 548 g/mol. The summed E-state index contributed by atoms with van der Waals surface area (Å²) in [6.45, 7) is 2.39. The Bertz CT molecular complexity index is 1250. The third-order valence-corrected chi connectivity index (χ3v) is 5.81. The van der Waals surface area contributed by atoms with Gasteiger partial charge in [-0.25, -0.2) is 4.39 Å². The maximum absolute atomic E-state index is 14.3. The van der Waals surface area contributed by atoms with Gasteiger partial charge in [-0.2, -0.15) is 13.2 Å². The van der Waals surface area contributed by atoms with Gasteiger partial charge < -0.3 is 20.5 Å². The van der Waals surface area contributed by atoms with Gasteiger partial charge in [0.15, 0.2) is 0 Å². The number of aromatic nitrogens is 1. The number of carbonyl (C=O) groups excluding carboxylic acids is 1. The minimum absolute atomic E-state index is 0.0414. The van der Waals surface area contributed by atoms with E-state index in [4.69, 9.17) is 9.84 Å². The summed E-state index contributed by atoms with van der Waals surface area (Å²) in [4.78, 5) is 26.9. The number of unbranched alkanes of at least 4 members (excludes halogenated alkanes) is 1. The van der Waals surface area contributed by atoms with Crippen molar-refractivity contribution in [2.24, 2.45) is 0 Å². The molecular weight excluding hydrogens is 518 g/mol. The first-order chi connectivity index (χ1) is 18.6. The van der Waals surface area contributed by atoms with Crippen LogP contribution in [0, 0.1) is 5.82 Å². The number of anilines is 1. The number of carboxylic acid groups (broad SMARTS) is 1. The molecule has 1 aromatic heterocycles. The number of hydrogen-bond donors (Lipinski definition) is 3. The number of ether oxygens (including phenoxy) is 1. The molecule has 3 rings (SSSR count). The minimum Gasteiger partial charge on any atom is -0.490 e. The molecule has 0 unspecified atom stereocenters. The van der Waals surface area contributed by atoms with Crippen LogP contribution in [-0.2, 0) is 11.0 Å². The molecule has 0 aliphatic carbocycles. The van der Waals surface area contributed by atoms with Crippen molar-refractivity contribution >= 4 is 17.6 Å². The molecule has 0 aliphatic heterocycles. The lowest BCUT2D eigenvalue weighted by atomic mass is 10.1. The Morgan fingerprint density at radius 3 is 2.41 bits per heavy atom. The number of alkyl halides is 3. The summed E-state index contributed by atoms with van der Waals surface area (Å²) >= 11 is 0. The molecule has 0 spiro atoms. The fourth-order valence-corrected chi connectivity index (χ4v) is 3.71. The highest BCUT2D eigenvalue weighted by atomic mass is 19.4. The lowest BCUT2D eigenvalue weighted by molar-refractivity contribution is -0.138. The van der Waals surface area contributed by atoms with Crippen molar-refractivity contribution in [3.05, 3.63) is 77.7 Å². The summed E-state index contributed by atoms with van der Waals surface area (Å²) in [6.07, 6.45) is -0.684. The molecule has 1 heterocycles. The first kappa shape index (κ1) is 29.4. The maximum Gasteiger partial charge on any atom is 0.416 e. The van der Waals surface area contributed by atoms with E-state index in [0.717, 1.165) is 37.1 Å². The highest BCUT2D eigenvalue weighted by Gasteiger charge is 2.31. The van der Waals surface area contributed by atoms with Gasteiger partial charge in [-0.05, 0) is 61.0 Å². The molecule has 1 amide bonds. The highest BCUT2D eigenvalue weighted by Crippen LogP contribution is 2.32. The number of carbonyl (C=O) groups is 2. The predicted octanol–water partition coefficient (Wildman–Crippen LogP) is 6.16. The smallest absolute Gasteiger partial charge is 0.416 e. The van der Waals surface area contributed by atoms with E-state index in [1.165, 1.54) is 12.3 Å². The van der Waals surface area contributed by atoms with Crippen LogP contribution in [0.3, 0.4) is 0 Å². The Labute approximate surface area is 223 Å². The predicted molar refractivity (Wildman–Crippen MR) is 138 cm³/mol. The van der Waals surface area contributed by atoms with Gasteiger partial charge in [0.05, 0.1) is 29.9 Å². The van der Waals surface area contributed by atoms with Crippen LogP contribution in [0.1, 0.15) is 48.5 Å². The zero-order valence-corrected chi connectivity index (χ0v) is 21.2. The van der Waals surface area contributed by atoms with Crippen LogP contribution in [-0.4, -0.2) is 41.2 Å². The lowest BCUT2D eigenvalue weighted by Crippen LogP contribution is -2.27. The molecule has 0 bridgehead atoms. The third-order valence-electron chi connectivity index (χ3n) is 5.81. The van der Waals surface area contributed by atoms with E-state index in [2.05, 4.69) is 22.5 Å².